The summed E-state index contributed by atoms with van der Waals surface area (Å²) in [7, 11) is 0. The van der Waals surface area contributed by atoms with Crippen LogP contribution in [0.25, 0.3) is 0 Å². The van der Waals surface area contributed by atoms with Crippen molar-refractivity contribution in [2.24, 2.45) is 0 Å². The van der Waals surface area contributed by atoms with Gasteiger partial charge in [0, 0.05) is 24.0 Å². The predicted molar refractivity (Wildman–Crippen MR) is 82.2 cm³/mol. The number of aromatic nitrogens is 1. The van der Waals surface area contributed by atoms with E-state index in [1.165, 1.54) is 0 Å². The van der Waals surface area contributed by atoms with Gasteiger partial charge >= 0.3 is 6.09 Å². The molecule has 0 aliphatic carbocycles. The Morgan fingerprint density at radius 2 is 2.05 bits per heavy atom. The van der Waals surface area contributed by atoms with Crippen LogP contribution in [0.3, 0.4) is 0 Å². The third-order valence-electron chi connectivity index (χ3n) is 2.38. The van der Waals surface area contributed by atoms with E-state index in [1.807, 2.05) is 6.92 Å². The van der Waals surface area contributed by atoms with Gasteiger partial charge in [-0.25, -0.2) is 9.78 Å². The Morgan fingerprint density at radius 1 is 1.33 bits per heavy atom. The highest BCUT2D eigenvalue weighted by Crippen LogP contribution is 2.10. The average Bonchev–Trinajstić information content (AvgIpc) is 2.76. The normalized spacial score (nSPS) is 11.0. The smallest absolute Gasteiger partial charge is 0.407 e. The maximum absolute atomic E-state index is 11.6. The molecule has 0 saturated carbocycles. The summed E-state index contributed by atoms with van der Waals surface area (Å²) in [6.07, 6.45) is 2.26. The second kappa shape index (κ2) is 7.97. The minimum atomic E-state index is -0.506. The number of aryl methyl sites for hydroxylation is 1. The van der Waals surface area contributed by atoms with E-state index in [4.69, 9.17) is 4.74 Å². The van der Waals surface area contributed by atoms with Crippen molar-refractivity contribution in [3.8, 4) is 0 Å². The summed E-state index contributed by atoms with van der Waals surface area (Å²) in [6.45, 7) is 8.27. The fourth-order valence-electron chi connectivity index (χ4n) is 1.51. The van der Waals surface area contributed by atoms with Crippen LogP contribution in [0.15, 0.2) is 6.20 Å². The number of rotatable bonds is 6. The van der Waals surface area contributed by atoms with E-state index in [0.29, 0.717) is 25.9 Å². The molecule has 0 fully saturated rings. The standard InChI is InChI=1S/C14H23N3O3S/c1-10-16-8-11(21-10)9-17-12(18)6-5-7-15-13(19)20-14(2,3)4/h8H,5-7,9H2,1-4H3,(H,15,19)(H,17,18). The summed E-state index contributed by atoms with van der Waals surface area (Å²) in [5.74, 6) is -0.0351. The summed E-state index contributed by atoms with van der Waals surface area (Å²) in [4.78, 5) is 28.2. The molecule has 7 heteroatoms. The molecule has 0 aliphatic heterocycles. The fraction of sp³-hybridized carbons (Fsp3) is 0.643. The van der Waals surface area contributed by atoms with Crippen molar-refractivity contribution in [3.05, 3.63) is 16.1 Å². The SMILES string of the molecule is Cc1ncc(CNC(=O)CCCNC(=O)OC(C)(C)C)s1. The molecule has 1 aromatic heterocycles. The van der Waals surface area contributed by atoms with Gasteiger partial charge in [0.15, 0.2) is 0 Å². The molecule has 6 nitrogen and oxygen atoms in total. The van der Waals surface area contributed by atoms with Crippen LogP contribution in [0, 0.1) is 6.92 Å². The zero-order valence-electron chi connectivity index (χ0n) is 13.0. The molecule has 0 saturated heterocycles. The van der Waals surface area contributed by atoms with Crippen LogP contribution in [0.2, 0.25) is 0 Å². The molecule has 1 rings (SSSR count). The van der Waals surface area contributed by atoms with E-state index in [9.17, 15) is 9.59 Å². The van der Waals surface area contributed by atoms with Crippen molar-refractivity contribution < 1.29 is 14.3 Å². The van der Waals surface area contributed by atoms with Gasteiger partial charge in [-0.05, 0) is 34.1 Å². The number of ether oxygens (including phenoxy) is 1. The molecule has 0 unspecified atom stereocenters. The molecule has 118 valence electrons. The average molecular weight is 313 g/mol. The summed E-state index contributed by atoms with van der Waals surface area (Å²) in [5, 5.41) is 6.44. The lowest BCUT2D eigenvalue weighted by atomic mass is 10.2. The molecule has 2 amide bonds. The third-order valence-corrected chi connectivity index (χ3v) is 3.29. The first-order chi connectivity index (χ1) is 9.76. The van der Waals surface area contributed by atoms with E-state index in [0.717, 1.165) is 9.88 Å². The largest absolute Gasteiger partial charge is 0.444 e. The van der Waals surface area contributed by atoms with Gasteiger partial charge in [0.05, 0.1) is 11.6 Å². The minimum absolute atomic E-state index is 0.0351. The summed E-state index contributed by atoms with van der Waals surface area (Å²) >= 11 is 1.57. The van der Waals surface area contributed by atoms with Crippen molar-refractivity contribution in [1.29, 1.82) is 0 Å². The lowest BCUT2D eigenvalue weighted by molar-refractivity contribution is -0.121. The van der Waals surface area contributed by atoms with Gasteiger partial charge in [0.1, 0.15) is 5.60 Å². The van der Waals surface area contributed by atoms with Crippen molar-refractivity contribution in [1.82, 2.24) is 15.6 Å². The molecule has 0 spiro atoms. The minimum Gasteiger partial charge on any atom is -0.444 e. The Bertz CT molecular complexity index is 480. The molecule has 0 atom stereocenters. The van der Waals surface area contributed by atoms with Crippen LogP contribution >= 0.6 is 11.3 Å². The highest BCUT2D eigenvalue weighted by atomic mass is 32.1. The van der Waals surface area contributed by atoms with Gasteiger partial charge in [-0.1, -0.05) is 0 Å². The number of hydrogen-bond donors (Lipinski definition) is 2. The van der Waals surface area contributed by atoms with E-state index in [1.54, 1.807) is 38.3 Å². The summed E-state index contributed by atoms with van der Waals surface area (Å²) in [5.41, 5.74) is -0.506. The molecule has 0 bridgehead atoms. The summed E-state index contributed by atoms with van der Waals surface area (Å²) < 4.78 is 5.10. The van der Waals surface area contributed by atoms with Gasteiger partial charge in [-0.15, -0.1) is 11.3 Å². The molecule has 1 heterocycles. The second-order valence-electron chi connectivity index (χ2n) is 5.65. The zero-order valence-corrected chi connectivity index (χ0v) is 13.8. The van der Waals surface area contributed by atoms with Crippen molar-refractivity contribution in [3.63, 3.8) is 0 Å². The molecular formula is C14H23N3O3S. The van der Waals surface area contributed by atoms with Crippen molar-refractivity contribution in [2.75, 3.05) is 6.54 Å². The molecule has 21 heavy (non-hydrogen) atoms. The second-order valence-corrected chi connectivity index (χ2v) is 6.97. The molecule has 1 aromatic rings. The maximum Gasteiger partial charge on any atom is 0.407 e. The first kappa shape index (κ1) is 17.4. The van der Waals surface area contributed by atoms with Crippen LogP contribution in [-0.4, -0.2) is 29.1 Å². The highest BCUT2D eigenvalue weighted by molar-refractivity contribution is 7.11. The van der Waals surface area contributed by atoms with Gasteiger partial charge in [0.25, 0.3) is 0 Å². The zero-order chi connectivity index (χ0) is 15.9. The number of thiazole rings is 1. The quantitative estimate of drug-likeness (QED) is 0.790. The monoisotopic (exact) mass is 313 g/mol. The number of carbonyl (C=O) groups is 2. The van der Waals surface area contributed by atoms with Crippen molar-refractivity contribution in [2.45, 2.75) is 52.7 Å². The first-order valence-electron chi connectivity index (χ1n) is 6.91. The van der Waals surface area contributed by atoms with E-state index >= 15 is 0 Å². The number of amides is 2. The van der Waals surface area contributed by atoms with Crippen LogP contribution in [-0.2, 0) is 16.1 Å². The first-order valence-corrected chi connectivity index (χ1v) is 7.73. The van der Waals surface area contributed by atoms with Crippen LogP contribution < -0.4 is 10.6 Å². The molecule has 0 radical (unpaired) electrons. The lowest BCUT2D eigenvalue weighted by Gasteiger charge is -2.19. The van der Waals surface area contributed by atoms with E-state index in [-0.39, 0.29) is 5.91 Å². The Hall–Kier alpha value is -1.63. The highest BCUT2D eigenvalue weighted by Gasteiger charge is 2.15. The van der Waals surface area contributed by atoms with Gasteiger partial charge in [-0.3, -0.25) is 4.79 Å². The van der Waals surface area contributed by atoms with Crippen LogP contribution in [0.4, 0.5) is 4.79 Å². The number of carbonyl (C=O) groups excluding carboxylic acids is 2. The van der Waals surface area contributed by atoms with E-state index in [2.05, 4.69) is 15.6 Å². The van der Waals surface area contributed by atoms with Crippen LogP contribution in [0.5, 0.6) is 0 Å². The van der Waals surface area contributed by atoms with Gasteiger partial charge in [-0.2, -0.15) is 0 Å². The number of nitrogens with one attached hydrogen (secondary N) is 2. The number of nitrogens with zero attached hydrogens (tertiary/aromatic N) is 1. The van der Waals surface area contributed by atoms with E-state index < -0.39 is 11.7 Å². The Kier molecular flexibility index (Phi) is 6.61. The Labute approximate surface area is 129 Å². The fourth-order valence-corrected chi connectivity index (χ4v) is 2.25. The third kappa shape index (κ3) is 8.29. The number of hydrogen-bond acceptors (Lipinski definition) is 5. The predicted octanol–water partition coefficient (Wildman–Crippen LogP) is 2.37. The van der Waals surface area contributed by atoms with Crippen molar-refractivity contribution >= 4 is 23.3 Å². The van der Waals surface area contributed by atoms with Gasteiger partial charge in [0.2, 0.25) is 5.91 Å². The molecular weight excluding hydrogens is 290 g/mol. The molecule has 0 aliphatic rings. The maximum atomic E-state index is 11.6. The Morgan fingerprint density at radius 3 is 2.62 bits per heavy atom. The summed E-state index contributed by atoms with van der Waals surface area (Å²) in [6, 6.07) is 0. The van der Waals surface area contributed by atoms with Gasteiger partial charge < -0.3 is 15.4 Å². The molecule has 0 aromatic carbocycles. The lowest BCUT2D eigenvalue weighted by Crippen LogP contribution is -2.33. The number of alkyl carbamates (subject to hydrolysis) is 1. The topological polar surface area (TPSA) is 80.3 Å². The Balaban J connectivity index is 2.09. The molecule has 2 N–H and O–H groups in total. The van der Waals surface area contributed by atoms with Crippen LogP contribution in [0.1, 0.15) is 43.5 Å².